The Balaban J connectivity index is 0.000000163. The summed E-state index contributed by atoms with van der Waals surface area (Å²) >= 11 is 0. The molecule has 2 bridgehead atoms. The van der Waals surface area contributed by atoms with E-state index in [0.29, 0.717) is 11.7 Å². The third kappa shape index (κ3) is 6.89. The molecule has 5 heteroatoms. The van der Waals surface area contributed by atoms with Crippen molar-refractivity contribution in [2.24, 2.45) is 16.7 Å². The maximum absolute atomic E-state index is 12.7. The zero-order valence-electron chi connectivity index (χ0n) is 29.4. The number of aldehydes is 1. The number of hydrogen-bond donors (Lipinski definition) is 0. The number of fused-ring (bicyclic) bond motifs is 3. The molecule has 2 fully saturated rings. The van der Waals surface area contributed by atoms with Crippen molar-refractivity contribution >= 4 is 46.0 Å². The largest absolute Gasteiger partial charge is 0.378 e. The van der Waals surface area contributed by atoms with Gasteiger partial charge in [-0.3, -0.25) is 9.59 Å². The van der Waals surface area contributed by atoms with Gasteiger partial charge in [0.15, 0.2) is 5.78 Å². The van der Waals surface area contributed by atoms with E-state index in [4.69, 9.17) is 0 Å². The Labute approximate surface area is 276 Å². The summed E-state index contributed by atoms with van der Waals surface area (Å²) in [6.07, 6.45) is 5.18. The topological polar surface area (TPSA) is 43.9 Å². The fraction of sp³-hybridized carbons (Fsp3) is 0.366. The van der Waals surface area contributed by atoms with Crippen LogP contribution < -0.4 is 14.7 Å². The van der Waals surface area contributed by atoms with Gasteiger partial charge in [0.1, 0.15) is 6.29 Å². The van der Waals surface area contributed by atoms with Crippen molar-refractivity contribution in [1.29, 1.82) is 0 Å². The molecular formula is C41H51N3O2. The molecule has 242 valence electrons. The second kappa shape index (κ2) is 13.9. The molecule has 2 atom stereocenters. The van der Waals surface area contributed by atoms with Crippen LogP contribution in [0.15, 0.2) is 90.5 Å². The SMILES string of the molecule is CN(C)c1ccc(C=O)cc1.CN(C)c1cccc2cccc(N(C)C)c12.Cc1ccc(C=C2C(=O)C3(C)CCC2C3(C)C)cc1. The van der Waals surface area contributed by atoms with E-state index in [-0.39, 0.29) is 10.8 Å². The molecule has 0 saturated heterocycles. The Morgan fingerprint density at radius 3 is 1.65 bits per heavy atom. The minimum Gasteiger partial charge on any atom is -0.378 e. The molecular weight excluding hydrogens is 566 g/mol. The average molecular weight is 618 g/mol. The van der Waals surface area contributed by atoms with Crippen molar-refractivity contribution in [3.05, 3.63) is 107 Å². The van der Waals surface area contributed by atoms with Gasteiger partial charge in [-0.2, -0.15) is 0 Å². The Morgan fingerprint density at radius 1 is 0.696 bits per heavy atom. The third-order valence-electron chi connectivity index (χ3n) is 10.1. The van der Waals surface area contributed by atoms with Gasteiger partial charge in [0, 0.05) is 75.7 Å². The number of anilines is 3. The van der Waals surface area contributed by atoms with Crippen LogP contribution in [0.25, 0.3) is 16.8 Å². The summed E-state index contributed by atoms with van der Waals surface area (Å²) in [7, 11) is 12.3. The molecule has 2 aliphatic rings. The number of rotatable bonds is 5. The molecule has 4 aromatic rings. The van der Waals surface area contributed by atoms with Crippen LogP contribution in [-0.2, 0) is 4.79 Å². The smallest absolute Gasteiger partial charge is 0.165 e. The summed E-state index contributed by atoms with van der Waals surface area (Å²) < 4.78 is 0. The van der Waals surface area contributed by atoms with E-state index >= 15 is 0 Å². The lowest BCUT2D eigenvalue weighted by Gasteiger charge is -2.31. The van der Waals surface area contributed by atoms with Crippen LogP contribution in [0.5, 0.6) is 0 Å². The van der Waals surface area contributed by atoms with Gasteiger partial charge in [-0.25, -0.2) is 0 Å². The van der Waals surface area contributed by atoms with Crippen molar-refractivity contribution in [3.63, 3.8) is 0 Å². The highest BCUT2D eigenvalue weighted by Crippen LogP contribution is 2.65. The number of allylic oxidation sites excluding steroid dienone is 1. The number of carbonyl (C=O) groups excluding carboxylic acids is 2. The van der Waals surface area contributed by atoms with Crippen LogP contribution in [0.2, 0.25) is 0 Å². The van der Waals surface area contributed by atoms with Crippen molar-refractivity contribution in [3.8, 4) is 0 Å². The normalized spacial score (nSPS) is 20.0. The quantitative estimate of drug-likeness (QED) is 0.165. The number of ketones is 1. The highest BCUT2D eigenvalue weighted by Gasteiger charge is 2.63. The predicted octanol–water partition coefficient (Wildman–Crippen LogP) is 8.94. The fourth-order valence-corrected chi connectivity index (χ4v) is 6.83. The van der Waals surface area contributed by atoms with Crippen molar-refractivity contribution in [1.82, 2.24) is 0 Å². The third-order valence-corrected chi connectivity index (χ3v) is 10.1. The van der Waals surface area contributed by atoms with Gasteiger partial charge < -0.3 is 14.7 Å². The number of benzene rings is 4. The van der Waals surface area contributed by atoms with Crippen LogP contribution in [0.3, 0.4) is 0 Å². The number of carbonyl (C=O) groups is 2. The number of aryl methyl sites for hydroxylation is 1. The highest BCUT2D eigenvalue weighted by atomic mass is 16.1. The first-order chi connectivity index (χ1) is 21.7. The van der Waals surface area contributed by atoms with E-state index in [1.165, 1.54) is 27.7 Å². The van der Waals surface area contributed by atoms with Crippen LogP contribution in [0, 0.1) is 23.7 Å². The van der Waals surface area contributed by atoms with E-state index in [1.54, 1.807) is 0 Å². The molecule has 0 amide bonds. The monoisotopic (exact) mass is 617 g/mol. The van der Waals surface area contributed by atoms with E-state index in [1.807, 2.05) is 43.3 Å². The fourth-order valence-electron chi connectivity index (χ4n) is 6.83. The highest BCUT2D eigenvalue weighted by molar-refractivity contribution is 6.08. The molecule has 46 heavy (non-hydrogen) atoms. The van der Waals surface area contributed by atoms with Gasteiger partial charge in [-0.1, -0.05) is 74.9 Å². The molecule has 0 spiro atoms. The summed E-state index contributed by atoms with van der Waals surface area (Å²) in [4.78, 5) is 29.3. The molecule has 2 saturated carbocycles. The summed E-state index contributed by atoms with van der Waals surface area (Å²) in [5.41, 5.74) is 7.79. The zero-order valence-corrected chi connectivity index (χ0v) is 29.4. The number of hydrogen-bond acceptors (Lipinski definition) is 5. The molecule has 6 rings (SSSR count). The summed E-state index contributed by atoms with van der Waals surface area (Å²) in [5, 5.41) is 2.61. The average Bonchev–Trinajstić information content (AvgIpc) is 3.35. The van der Waals surface area contributed by atoms with Crippen LogP contribution >= 0.6 is 0 Å². The molecule has 2 aliphatic carbocycles. The molecule has 4 aromatic carbocycles. The maximum Gasteiger partial charge on any atom is 0.165 e. The predicted molar refractivity (Wildman–Crippen MR) is 198 cm³/mol. The van der Waals surface area contributed by atoms with Gasteiger partial charge >= 0.3 is 0 Å². The van der Waals surface area contributed by atoms with Gasteiger partial charge in [0.2, 0.25) is 0 Å². The first-order valence-corrected chi connectivity index (χ1v) is 16.1. The van der Waals surface area contributed by atoms with Crippen molar-refractivity contribution in [2.75, 3.05) is 57.0 Å². The lowest BCUT2D eigenvalue weighted by Crippen LogP contribution is -2.32. The number of Topliss-reactive ketones (excluding diaryl/α,β-unsaturated/α-hetero) is 1. The molecule has 0 radical (unpaired) electrons. The number of nitrogens with zero attached hydrogens (tertiary/aromatic N) is 3. The standard InChI is InChI=1S/C18H22O.C14H18N2.C9H11NO/c1-12-5-7-13(8-6-12)11-14-15-9-10-18(4,16(14)19)17(15,2)3;1-15(2)12-9-5-7-11-8-6-10-13(14(11)12)16(3)4;1-10(2)9-5-3-8(7-11)4-6-9/h5-8,11,15H,9-10H2,1-4H3;5-10H,1-4H3;3-7H,1-2H3. The lowest BCUT2D eigenvalue weighted by molar-refractivity contribution is -0.125. The van der Waals surface area contributed by atoms with Gasteiger partial charge in [-0.15, -0.1) is 0 Å². The summed E-state index contributed by atoms with van der Waals surface area (Å²) in [6, 6.07) is 28.8. The Hall–Kier alpha value is -4.38. The second-order valence-corrected chi connectivity index (χ2v) is 14.0. The van der Waals surface area contributed by atoms with Gasteiger partial charge in [-0.05, 0) is 90.1 Å². The summed E-state index contributed by atoms with van der Waals surface area (Å²) in [6.45, 7) is 8.77. The summed E-state index contributed by atoms with van der Waals surface area (Å²) in [5.74, 6) is 0.820. The van der Waals surface area contributed by atoms with E-state index in [2.05, 4.69) is 132 Å². The maximum atomic E-state index is 12.7. The van der Waals surface area contributed by atoms with Gasteiger partial charge in [0.05, 0.1) is 0 Å². The second-order valence-electron chi connectivity index (χ2n) is 14.0. The minimum absolute atomic E-state index is 0.112. The lowest BCUT2D eigenvalue weighted by atomic mass is 9.70. The van der Waals surface area contributed by atoms with Crippen molar-refractivity contribution in [2.45, 2.75) is 40.5 Å². The molecule has 5 nitrogen and oxygen atoms in total. The van der Waals surface area contributed by atoms with Crippen LogP contribution in [0.1, 0.15) is 55.1 Å². The molecule has 0 aromatic heterocycles. The van der Waals surface area contributed by atoms with Crippen molar-refractivity contribution < 1.29 is 9.59 Å². The van der Waals surface area contributed by atoms with E-state index in [9.17, 15) is 9.59 Å². The first-order valence-electron chi connectivity index (χ1n) is 16.1. The van der Waals surface area contributed by atoms with Gasteiger partial charge in [0.25, 0.3) is 0 Å². The van der Waals surface area contributed by atoms with E-state index < -0.39 is 0 Å². The Morgan fingerprint density at radius 2 is 1.22 bits per heavy atom. The molecule has 0 heterocycles. The van der Waals surface area contributed by atoms with Crippen LogP contribution in [0.4, 0.5) is 17.1 Å². The Bertz CT molecular complexity index is 1660. The molecule has 0 aliphatic heterocycles. The first kappa shape index (κ1) is 34.5. The molecule has 2 unspecified atom stereocenters. The zero-order chi connectivity index (χ0) is 33.8. The Kier molecular flexibility index (Phi) is 10.5. The minimum atomic E-state index is -0.145. The molecule has 0 N–H and O–H groups in total. The van der Waals surface area contributed by atoms with Crippen LogP contribution in [-0.4, -0.2) is 54.4 Å². The van der Waals surface area contributed by atoms with E-state index in [0.717, 1.165) is 41.5 Å².